The van der Waals surface area contributed by atoms with Crippen LogP contribution in [0.4, 0.5) is 0 Å². The highest BCUT2D eigenvalue weighted by Crippen LogP contribution is 2.36. The van der Waals surface area contributed by atoms with E-state index in [2.05, 4.69) is 9.47 Å². The maximum atomic E-state index is 11.3. The van der Waals surface area contributed by atoms with E-state index in [1.54, 1.807) is 13.8 Å². The van der Waals surface area contributed by atoms with Crippen LogP contribution in [-0.4, -0.2) is 35.4 Å². The van der Waals surface area contributed by atoms with Gasteiger partial charge in [-0.25, -0.2) is 9.59 Å². The van der Waals surface area contributed by atoms with Crippen molar-refractivity contribution in [3.05, 3.63) is 11.5 Å². The maximum absolute atomic E-state index is 11.3. The topological polar surface area (TPSA) is 106 Å². The van der Waals surface area contributed by atoms with Gasteiger partial charge in [0.2, 0.25) is 11.5 Å². The molecule has 0 saturated heterocycles. The number of ether oxygens (including phenoxy) is 2. The number of rotatable bonds is 4. The molecular weight excluding hydrogens is 232 g/mol. The van der Waals surface area contributed by atoms with Gasteiger partial charge in [0.1, 0.15) is 0 Å². The zero-order valence-electron chi connectivity index (χ0n) is 9.35. The van der Waals surface area contributed by atoms with Gasteiger partial charge in [0.15, 0.2) is 0 Å². The summed E-state index contributed by atoms with van der Waals surface area (Å²) in [5.74, 6) is -4.90. The number of furan rings is 1. The average Bonchev–Trinajstić information content (AvgIpc) is 2.57. The molecule has 1 rings (SSSR count). The van der Waals surface area contributed by atoms with Crippen LogP contribution in [0.2, 0.25) is 0 Å². The second-order valence-electron chi connectivity index (χ2n) is 2.90. The Kier molecular flexibility index (Phi) is 3.97. The van der Waals surface area contributed by atoms with Gasteiger partial charge in [0, 0.05) is 0 Å². The monoisotopic (exact) mass is 244 g/mol. The minimum atomic E-state index is -0.976. The van der Waals surface area contributed by atoms with E-state index in [9.17, 15) is 19.8 Å². The summed E-state index contributed by atoms with van der Waals surface area (Å²) in [7, 11) is 0. The van der Waals surface area contributed by atoms with Crippen molar-refractivity contribution in [1.29, 1.82) is 0 Å². The van der Waals surface area contributed by atoms with E-state index in [1.807, 2.05) is 0 Å². The number of esters is 2. The second-order valence-corrected chi connectivity index (χ2v) is 2.90. The van der Waals surface area contributed by atoms with Crippen molar-refractivity contribution in [2.45, 2.75) is 13.8 Å². The zero-order chi connectivity index (χ0) is 13.0. The van der Waals surface area contributed by atoms with Gasteiger partial charge >= 0.3 is 11.9 Å². The van der Waals surface area contributed by atoms with Gasteiger partial charge in [-0.05, 0) is 13.8 Å². The Morgan fingerprint density at radius 1 is 1.00 bits per heavy atom. The van der Waals surface area contributed by atoms with Gasteiger partial charge in [0.25, 0.3) is 11.5 Å². The fourth-order valence-corrected chi connectivity index (χ4v) is 1.08. The first-order valence-electron chi connectivity index (χ1n) is 4.91. The molecule has 7 heteroatoms. The highest BCUT2D eigenvalue weighted by Gasteiger charge is 2.30. The van der Waals surface area contributed by atoms with Crippen LogP contribution in [-0.2, 0) is 9.47 Å². The van der Waals surface area contributed by atoms with Crippen molar-refractivity contribution in [2.75, 3.05) is 13.2 Å². The Morgan fingerprint density at radius 2 is 1.35 bits per heavy atom. The standard InChI is InChI=1S/C10H12O7/c1-3-15-9(13)7-5(11)6(12)8(17-7)10(14)16-4-2/h11-12H,3-4H2,1-2H3. The minimum absolute atomic E-state index is 0.0640. The number of carbonyl (C=O) groups excluding carboxylic acids is 2. The highest BCUT2D eigenvalue weighted by molar-refractivity contribution is 5.96. The predicted octanol–water partition coefficient (Wildman–Crippen LogP) is 1.04. The summed E-state index contributed by atoms with van der Waals surface area (Å²) in [5.41, 5.74) is 0. The third kappa shape index (κ3) is 2.49. The number of carbonyl (C=O) groups is 2. The Morgan fingerprint density at radius 3 is 1.65 bits per heavy atom. The molecule has 94 valence electrons. The summed E-state index contributed by atoms with van der Waals surface area (Å²) >= 11 is 0. The normalized spacial score (nSPS) is 10.0. The molecule has 0 fully saturated rings. The lowest BCUT2D eigenvalue weighted by Crippen LogP contribution is -2.05. The van der Waals surface area contributed by atoms with E-state index in [0.29, 0.717) is 0 Å². The molecule has 0 aliphatic rings. The summed E-state index contributed by atoms with van der Waals surface area (Å²) in [4.78, 5) is 22.5. The molecule has 2 N–H and O–H groups in total. The van der Waals surface area contributed by atoms with E-state index in [4.69, 9.17) is 4.42 Å². The molecule has 0 aliphatic heterocycles. The fraction of sp³-hybridized carbons (Fsp3) is 0.400. The molecule has 0 spiro atoms. The number of hydrogen-bond donors (Lipinski definition) is 2. The Labute approximate surface area is 96.6 Å². The third-order valence-corrected chi connectivity index (χ3v) is 1.78. The van der Waals surface area contributed by atoms with Gasteiger partial charge in [0.05, 0.1) is 13.2 Å². The van der Waals surface area contributed by atoms with Gasteiger partial charge in [-0.15, -0.1) is 0 Å². The summed E-state index contributed by atoms with van der Waals surface area (Å²) in [6.07, 6.45) is 0. The number of hydrogen-bond acceptors (Lipinski definition) is 7. The van der Waals surface area contributed by atoms with Crippen molar-refractivity contribution in [3.63, 3.8) is 0 Å². The van der Waals surface area contributed by atoms with E-state index >= 15 is 0 Å². The van der Waals surface area contributed by atoms with Gasteiger partial charge in [-0.2, -0.15) is 0 Å². The summed E-state index contributed by atoms with van der Waals surface area (Å²) < 4.78 is 13.8. The second kappa shape index (κ2) is 5.24. The lowest BCUT2D eigenvalue weighted by Gasteiger charge is -1.98. The molecule has 1 aromatic rings. The van der Waals surface area contributed by atoms with Crippen molar-refractivity contribution in [2.24, 2.45) is 0 Å². The van der Waals surface area contributed by atoms with Crippen LogP contribution in [0.25, 0.3) is 0 Å². The molecule has 0 radical (unpaired) electrons. The molecule has 17 heavy (non-hydrogen) atoms. The molecule has 0 bridgehead atoms. The summed E-state index contributed by atoms with van der Waals surface area (Å²) in [6.45, 7) is 3.25. The smallest absolute Gasteiger partial charge is 0.378 e. The van der Waals surface area contributed by atoms with Crippen molar-refractivity contribution in [3.8, 4) is 11.5 Å². The molecule has 0 atom stereocenters. The molecule has 1 aromatic heterocycles. The van der Waals surface area contributed by atoms with Crippen LogP contribution >= 0.6 is 0 Å². The molecule has 0 amide bonds. The lowest BCUT2D eigenvalue weighted by molar-refractivity contribution is 0.0452. The summed E-state index contributed by atoms with van der Waals surface area (Å²) in [5, 5.41) is 18.8. The van der Waals surface area contributed by atoms with Crippen LogP contribution in [0, 0.1) is 0 Å². The Bertz CT molecular complexity index is 394. The molecule has 0 aliphatic carbocycles. The van der Waals surface area contributed by atoms with Crippen LogP contribution in [0.1, 0.15) is 35.0 Å². The Hall–Kier alpha value is -2.18. The fourth-order valence-electron chi connectivity index (χ4n) is 1.08. The van der Waals surface area contributed by atoms with Crippen LogP contribution in [0.15, 0.2) is 4.42 Å². The first-order chi connectivity index (χ1) is 8.02. The van der Waals surface area contributed by atoms with Crippen molar-refractivity contribution in [1.82, 2.24) is 0 Å². The highest BCUT2D eigenvalue weighted by atomic mass is 16.6. The lowest BCUT2D eigenvalue weighted by atomic mass is 10.3. The van der Waals surface area contributed by atoms with Crippen molar-refractivity contribution >= 4 is 11.9 Å². The van der Waals surface area contributed by atoms with Gasteiger partial charge < -0.3 is 24.1 Å². The van der Waals surface area contributed by atoms with E-state index in [-0.39, 0.29) is 13.2 Å². The SMILES string of the molecule is CCOC(=O)c1oc(C(=O)OCC)c(O)c1O. The molecular formula is C10H12O7. The van der Waals surface area contributed by atoms with Crippen LogP contribution < -0.4 is 0 Å². The van der Waals surface area contributed by atoms with E-state index < -0.39 is 35.0 Å². The predicted molar refractivity (Wildman–Crippen MR) is 54.0 cm³/mol. The third-order valence-electron chi connectivity index (χ3n) is 1.78. The largest absolute Gasteiger partial charge is 0.501 e. The maximum Gasteiger partial charge on any atom is 0.378 e. The van der Waals surface area contributed by atoms with Gasteiger partial charge in [-0.1, -0.05) is 0 Å². The molecule has 1 heterocycles. The van der Waals surface area contributed by atoms with Crippen LogP contribution in [0.3, 0.4) is 0 Å². The zero-order valence-corrected chi connectivity index (χ0v) is 9.35. The Balaban J connectivity index is 3.07. The summed E-state index contributed by atoms with van der Waals surface area (Å²) in [6, 6.07) is 0. The molecule has 0 unspecified atom stereocenters. The average molecular weight is 244 g/mol. The molecule has 7 nitrogen and oxygen atoms in total. The van der Waals surface area contributed by atoms with Crippen molar-refractivity contribution < 1.29 is 33.7 Å². The molecule has 0 saturated carbocycles. The molecule has 0 aromatic carbocycles. The number of aromatic hydroxyl groups is 2. The van der Waals surface area contributed by atoms with E-state index in [0.717, 1.165) is 0 Å². The van der Waals surface area contributed by atoms with E-state index in [1.165, 1.54) is 0 Å². The minimum Gasteiger partial charge on any atom is -0.501 e. The first kappa shape index (κ1) is 12.9. The first-order valence-corrected chi connectivity index (χ1v) is 4.91. The van der Waals surface area contributed by atoms with Gasteiger partial charge in [-0.3, -0.25) is 0 Å². The quantitative estimate of drug-likeness (QED) is 0.762. The van der Waals surface area contributed by atoms with Crippen LogP contribution in [0.5, 0.6) is 11.5 Å².